The maximum Gasteiger partial charge on any atom is 0.306 e. The van der Waals surface area contributed by atoms with E-state index in [0.717, 1.165) is 42.4 Å². The van der Waals surface area contributed by atoms with Crippen molar-refractivity contribution in [1.82, 2.24) is 0 Å². The van der Waals surface area contributed by atoms with E-state index in [2.05, 4.69) is 53.7 Å². The molecule has 160 valence electrons. The molecule has 0 aliphatic rings. The average Bonchev–Trinajstić information content (AvgIpc) is 2.62. The first-order valence-electron chi connectivity index (χ1n) is 11.3. The number of aryl methyl sites for hydroxylation is 1. The van der Waals surface area contributed by atoms with Gasteiger partial charge in [-0.15, -0.1) is 0 Å². The molecule has 0 heterocycles. The number of unbranched alkanes of at least 4 members (excludes halogenated alkanes) is 1. The number of phenols is 1. The zero-order chi connectivity index (χ0) is 21.1. The largest absolute Gasteiger partial charge is 0.507 e. The highest BCUT2D eigenvalue weighted by Crippen LogP contribution is 2.29. The summed E-state index contributed by atoms with van der Waals surface area (Å²) in [6.07, 6.45) is 7.34. The highest BCUT2D eigenvalue weighted by Gasteiger charge is 2.15. The summed E-state index contributed by atoms with van der Waals surface area (Å²) in [6.45, 7) is 13.5. The van der Waals surface area contributed by atoms with Crippen LogP contribution in [0.5, 0.6) is 5.75 Å². The van der Waals surface area contributed by atoms with Crippen molar-refractivity contribution in [2.24, 2.45) is 17.8 Å². The van der Waals surface area contributed by atoms with Crippen LogP contribution in [-0.2, 0) is 28.8 Å². The van der Waals surface area contributed by atoms with Gasteiger partial charge in [0.05, 0.1) is 6.61 Å². The van der Waals surface area contributed by atoms with Crippen molar-refractivity contribution in [2.75, 3.05) is 6.61 Å². The molecule has 0 aliphatic heterocycles. The van der Waals surface area contributed by atoms with Crippen molar-refractivity contribution in [2.45, 2.75) is 92.9 Å². The van der Waals surface area contributed by atoms with Crippen molar-refractivity contribution in [3.05, 3.63) is 28.8 Å². The number of ether oxygens (including phenoxy) is 1. The molecule has 1 N–H and O–H groups in total. The van der Waals surface area contributed by atoms with E-state index in [1.165, 1.54) is 12.8 Å². The second kappa shape index (κ2) is 12.9. The summed E-state index contributed by atoms with van der Waals surface area (Å²) in [4.78, 5) is 12.2. The molecular weight excluding hydrogens is 348 g/mol. The fraction of sp³-hybridized carbons (Fsp3) is 0.720. The first-order chi connectivity index (χ1) is 13.3. The average molecular weight is 391 g/mol. The Labute approximate surface area is 172 Å². The van der Waals surface area contributed by atoms with Gasteiger partial charge in [-0.3, -0.25) is 4.79 Å². The highest BCUT2D eigenvalue weighted by atomic mass is 16.5. The fourth-order valence-corrected chi connectivity index (χ4v) is 3.59. The van der Waals surface area contributed by atoms with Gasteiger partial charge in [0, 0.05) is 6.42 Å². The van der Waals surface area contributed by atoms with Gasteiger partial charge in [0.25, 0.3) is 0 Å². The predicted molar refractivity (Wildman–Crippen MR) is 118 cm³/mol. The van der Waals surface area contributed by atoms with Crippen LogP contribution < -0.4 is 0 Å². The van der Waals surface area contributed by atoms with Crippen LogP contribution in [0.2, 0.25) is 0 Å². The second-order valence-corrected chi connectivity index (χ2v) is 9.06. The molecule has 0 fully saturated rings. The van der Waals surface area contributed by atoms with Gasteiger partial charge in [-0.2, -0.15) is 0 Å². The van der Waals surface area contributed by atoms with Crippen LogP contribution in [0.25, 0.3) is 0 Å². The first kappa shape index (κ1) is 24.5. The van der Waals surface area contributed by atoms with Crippen molar-refractivity contribution in [1.29, 1.82) is 0 Å². The molecule has 3 nitrogen and oxygen atoms in total. The minimum atomic E-state index is -0.112. The van der Waals surface area contributed by atoms with Crippen LogP contribution in [0, 0.1) is 17.8 Å². The molecule has 1 unspecified atom stereocenters. The summed E-state index contributed by atoms with van der Waals surface area (Å²) in [5, 5.41) is 10.6. The van der Waals surface area contributed by atoms with Gasteiger partial charge in [0.15, 0.2) is 0 Å². The summed E-state index contributed by atoms with van der Waals surface area (Å²) in [7, 11) is 0. The number of hydrogen-bond acceptors (Lipinski definition) is 3. The zero-order valence-corrected chi connectivity index (χ0v) is 19.0. The molecule has 28 heavy (non-hydrogen) atoms. The minimum absolute atomic E-state index is 0.112. The van der Waals surface area contributed by atoms with Gasteiger partial charge in [0.1, 0.15) is 5.75 Å². The lowest BCUT2D eigenvalue weighted by molar-refractivity contribution is -0.145. The molecule has 1 aromatic rings. The molecule has 1 rings (SSSR count). The summed E-state index contributed by atoms with van der Waals surface area (Å²) < 4.78 is 5.54. The maximum atomic E-state index is 12.2. The second-order valence-electron chi connectivity index (χ2n) is 9.06. The fourth-order valence-electron chi connectivity index (χ4n) is 3.59. The summed E-state index contributed by atoms with van der Waals surface area (Å²) >= 11 is 0. The Bertz CT molecular complexity index is 558. The summed E-state index contributed by atoms with van der Waals surface area (Å²) in [6, 6.07) is 4.14. The number of carbonyl (C=O) groups excluding carboxylic acids is 1. The number of aromatic hydroxyl groups is 1. The molecule has 0 amide bonds. The van der Waals surface area contributed by atoms with E-state index in [9.17, 15) is 9.90 Å². The van der Waals surface area contributed by atoms with Crippen LogP contribution in [-0.4, -0.2) is 17.7 Å². The minimum Gasteiger partial charge on any atom is -0.507 e. The van der Waals surface area contributed by atoms with E-state index in [1.54, 1.807) is 0 Å². The topological polar surface area (TPSA) is 46.5 Å². The molecule has 0 saturated heterocycles. The predicted octanol–water partition coefficient (Wildman–Crippen LogP) is 6.48. The van der Waals surface area contributed by atoms with E-state index in [1.807, 2.05) is 0 Å². The van der Waals surface area contributed by atoms with E-state index in [0.29, 0.717) is 43.0 Å². The third-order valence-corrected chi connectivity index (χ3v) is 5.23. The van der Waals surface area contributed by atoms with E-state index < -0.39 is 0 Å². The highest BCUT2D eigenvalue weighted by molar-refractivity contribution is 5.69. The lowest BCUT2D eigenvalue weighted by atomic mass is 9.92. The molecular formula is C25H42O3. The Kier molecular flexibility index (Phi) is 11.3. The Morgan fingerprint density at radius 2 is 1.61 bits per heavy atom. The third-order valence-electron chi connectivity index (χ3n) is 5.23. The third kappa shape index (κ3) is 9.12. The molecule has 1 atom stereocenters. The van der Waals surface area contributed by atoms with Crippen molar-refractivity contribution < 1.29 is 14.6 Å². The van der Waals surface area contributed by atoms with Crippen LogP contribution in [0.1, 0.15) is 90.3 Å². The van der Waals surface area contributed by atoms with Crippen LogP contribution in [0.15, 0.2) is 12.1 Å². The number of hydrogen-bond donors (Lipinski definition) is 1. The van der Waals surface area contributed by atoms with E-state index in [-0.39, 0.29) is 5.97 Å². The Hall–Kier alpha value is -1.51. The Balaban J connectivity index is 2.72. The monoisotopic (exact) mass is 390 g/mol. The van der Waals surface area contributed by atoms with Gasteiger partial charge in [-0.05, 0) is 60.1 Å². The van der Waals surface area contributed by atoms with Gasteiger partial charge in [0.2, 0.25) is 0 Å². The quantitative estimate of drug-likeness (QED) is 0.392. The number of benzene rings is 1. The van der Waals surface area contributed by atoms with Gasteiger partial charge < -0.3 is 9.84 Å². The number of rotatable bonds is 13. The number of phenolic OH excluding ortho intramolecular Hbond substituents is 1. The van der Waals surface area contributed by atoms with Crippen molar-refractivity contribution >= 4 is 5.97 Å². The number of carbonyl (C=O) groups is 1. The summed E-state index contributed by atoms with van der Waals surface area (Å²) in [5.74, 6) is 1.77. The van der Waals surface area contributed by atoms with Crippen LogP contribution in [0.3, 0.4) is 0 Å². The first-order valence-corrected chi connectivity index (χ1v) is 11.3. The maximum absolute atomic E-state index is 12.2. The molecule has 0 aromatic heterocycles. The molecule has 0 aliphatic carbocycles. The van der Waals surface area contributed by atoms with E-state index >= 15 is 0 Å². The summed E-state index contributed by atoms with van der Waals surface area (Å²) in [5.41, 5.74) is 3.13. The molecule has 0 radical (unpaired) electrons. The SMILES string of the molecule is CCCCC(CC)COC(=O)CCc1cc(CC(C)C)c(O)c(CC(C)C)c1. The van der Waals surface area contributed by atoms with Crippen LogP contribution >= 0.6 is 0 Å². The lowest BCUT2D eigenvalue weighted by Crippen LogP contribution is -2.14. The van der Waals surface area contributed by atoms with Crippen molar-refractivity contribution in [3.8, 4) is 5.75 Å². The molecule has 1 aromatic carbocycles. The number of esters is 1. The Morgan fingerprint density at radius 1 is 1.04 bits per heavy atom. The normalized spacial score (nSPS) is 12.6. The molecule has 0 spiro atoms. The van der Waals surface area contributed by atoms with Crippen molar-refractivity contribution in [3.63, 3.8) is 0 Å². The van der Waals surface area contributed by atoms with E-state index in [4.69, 9.17) is 4.74 Å². The lowest BCUT2D eigenvalue weighted by Gasteiger charge is -2.16. The molecule has 0 bridgehead atoms. The van der Waals surface area contributed by atoms with Gasteiger partial charge in [-0.25, -0.2) is 0 Å². The Morgan fingerprint density at radius 3 is 2.07 bits per heavy atom. The molecule has 3 heteroatoms. The standard InChI is InChI=1S/C25H42O3/c1-7-9-10-20(8-2)17-28-24(26)12-11-21-15-22(13-18(3)4)25(27)23(16-21)14-19(5)6/h15-16,18-20,27H,7-14,17H2,1-6H3. The molecule has 0 saturated carbocycles. The zero-order valence-electron chi connectivity index (χ0n) is 19.0. The smallest absolute Gasteiger partial charge is 0.306 e. The van der Waals surface area contributed by atoms with Gasteiger partial charge in [-0.1, -0.05) is 72.9 Å². The van der Waals surface area contributed by atoms with Gasteiger partial charge >= 0.3 is 5.97 Å². The van der Waals surface area contributed by atoms with Crippen LogP contribution in [0.4, 0.5) is 0 Å².